The van der Waals surface area contributed by atoms with Gasteiger partial charge in [0.05, 0.1) is 32.8 Å². The summed E-state index contributed by atoms with van der Waals surface area (Å²) in [7, 11) is 0. The summed E-state index contributed by atoms with van der Waals surface area (Å²) in [6.45, 7) is 0. The van der Waals surface area contributed by atoms with Gasteiger partial charge in [-0.25, -0.2) is 4.39 Å². The molecule has 0 bridgehead atoms. The Labute approximate surface area is 176 Å². The van der Waals surface area contributed by atoms with Crippen LogP contribution in [0.2, 0.25) is 5.02 Å². The molecule has 12 heteroatoms. The van der Waals surface area contributed by atoms with Gasteiger partial charge in [0.15, 0.2) is 0 Å². The summed E-state index contributed by atoms with van der Waals surface area (Å²) in [5.41, 5.74) is 4.23. The third kappa shape index (κ3) is 3.46. The average Bonchev–Trinajstić information content (AvgIpc) is 2.98. The van der Waals surface area contributed by atoms with E-state index in [1.165, 1.54) is 18.2 Å². The van der Waals surface area contributed by atoms with Crippen LogP contribution < -0.4 is 21.3 Å². The number of nitrogens with one attached hydrogen (secondary N) is 1. The number of nitrogens with two attached hydrogens (primary N) is 1. The van der Waals surface area contributed by atoms with E-state index in [1.807, 2.05) is 5.32 Å². The maximum Gasteiger partial charge on any atom is 0.275 e. The van der Waals surface area contributed by atoms with Gasteiger partial charge >= 0.3 is 0 Å². The van der Waals surface area contributed by atoms with Crippen molar-refractivity contribution in [3.8, 4) is 17.2 Å². The van der Waals surface area contributed by atoms with Gasteiger partial charge in [-0.1, -0.05) is 11.6 Å². The van der Waals surface area contributed by atoms with Crippen LogP contribution in [0.15, 0.2) is 47.3 Å². The van der Waals surface area contributed by atoms with Crippen molar-refractivity contribution in [2.45, 2.75) is 0 Å². The minimum Gasteiger partial charge on any atom is -0.457 e. The Bertz CT molecular complexity index is 1370. The van der Waals surface area contributed by atoms with Gasteiger partial charge in [0.1, 0.15) is 23.1 Å². The number of carbonyl (C=O) groups is 2. The van der Waals surface area contributed by atoms with Gasteiger partial charge in [-0.3, -0.25) is 34.4 Å². The lowest BCUT2D eigenvalue weighted by molar-refractivity contribution is -0.384. The molecule has 0 saturated heterocycles. The fraction of sp³-hybridized carbons (Fsp3) is 0. The summed E-state index contributed by atoms with van der Waals surface area (Å²) in [5, 5.41) is 13.2. The fourth-order valence-corrected chi connectivity index (χ4v) is 3.25. The topological polar surface area (TPSA) is 147 Å². The quantitative estimate of drug-likeness (QED) is 0.357. The van der Waals surface area contributed by atoms with Crippen molar-refractivity contribution in [1.29, 1.82) is 0 Å². The van der Waals surface area contributed by atoms with Crippen LogP contribution in [0, 0.1) is 15.9 Å². The molecule has 1 aliphatic heterocycles. The third-order valence-corrected chi connectivity index (χ3v) is 4.71. The predicted octanol–water partition coefficient (Wildman–Crippen LogP) is 2.80. The molecular formula is C19H10ClFN4O6. The Morgan fingerprint density at radius 3 is 2.48 bits per heavy atom. The number of amides is 2. The van der Waals surface area contributed by atoms with Crippen LogP contribution >= 0.6 is 11.6 Å². The number of nitro groups is 1. The highest BCUT2D eigenvalue weighted by molar-refractivity contribution is 6.30. The number of hydrogen-bond donors (Lipinski definition) is 2. The van der Waals surface area contributed by atoms with Crippen molar-refractivity contribution in [2.24, 2.45) is 0 Å². The van der Waals surface area contributed by atoms with Crippen LogP contribution in [0.1, 0.15) is 20.7 Å². The lowest BCUT2D eigenvalue weighted by Gasteiger charge is -2.13. The minimum atomic E-state index is -0.797. The second-order valence-electron chi connectivity index (χ2n) is 6.40. The van der Waals surface area contributed by atoms with Gasteiger partial charge in [-0.2, -0.15) is 0 Å². The second kappa shape index (κ2) is 7.22. The SMILES string of the molecule is Nc1c2c(cc(=O)n1-c1cc(Oc3ccc(F)c(Cl)c3)cc([N+](=O)[O-])c1)C(=O)NC2=O. The number of imide groups is 1. The van der Waals surface area contributed by atoms with E-state index in [2.05, 4.69) is 0 Å². The zero-order valence-electron chi connectivity index (χ0n) is 15.2. The summed E-state index contributed by atoms with van der Waals surface area (Å²) >= 11 is 5.72. The number of halogens is 2. The van der Waals surface area contributed by atoms with Crippen LogP contribution in [-0.2, 0) is 0 Å². The van der Waals surface area contributed by atoms with Crippen LogP contribution in [0.3, 0.4) is 0 Å². The van der Waals surface area contributed by atoms with Crippen molar-refractivity contribution in [3.05, 3.63) is 84.9 Å². The molecule has 0 fully saturated rings. The number of fused-ring (bicyclic) bond motifs is 1. The maximum atomic E-state index is 13.4. The molecule has 2 amide bonds. The smallest absolute Gasteiger partial charge is 0.275 e. The van der Waals surface area contributed by atoms with Crippen molar-refractivity contribution in [3.63, 3.8) is 0 Å². The van der Waals surface area contributed by atoms with Gasteiger partial charge in [-0.15, -0.1) is 0 Å². The first-order valence-electron chi connectivity index (χ1n) is 8.49. The van der Waals surface area contributed by atoms with E-state index >= 15 is 0 Å². The number of hydrogen-bond acceptors (Lipinski definition) is 7. The monoisotopic (exact) mass is 444 g/mol. The first-order chi connectivity index (χ1) is 14.7. The highest BCUT2D eigenvalue weighted by Crippen LogP contribution is 2.32. The number of aromatic nitrogens is 1. The third-order valence-electron chi connectivity index (χ3n) is 4.43. The molecule has 0 spiro atoms. The van der Waals surface area contributed by atoms with Gasteiger partial charge in [-0.05, 0) is 12.1 Å². The Kier molecular flexibility index (Phi) is 4.67. The molecule has 0 aliphatic carbocycles. The number of pyridine rings is 1. The highest BCUT2D eigenvalue weighted by atomic mass is 35.5. The first-order valence-corrected chi connectivity index (χ1v) is 8.87. The van der Waals surface area contributed by atoms with Crippen LogP contribution in [0.4, 0.5) is 15.9 Å². The van der Waals surface area contributed by atoms with E-state index < -0.39 is 33.8 Å². The molecule has 4 rings (SSSR count). The van der Waals surface area contributed by atoms with E-state index in [1.54, 1.807) is 0 Å². The van der Waals surface area contributed by atoms with E-state index in [-0.39, 0.29) is 39.2 Å². The van der Waals surface area contributed by atoms with Gasteiger partial charge < -0.3 is 10.5 Å². The predicted molar refractivity (Wildman–Crippen MR) is 106 cm³/mol. The average molecular weight is 445 g/mol. The molecule has 0 atom stereocenters. The lowest BCUT2D eigenvalue weighted by atomic mass is 10.1. The molecule has 10 nitrogen and oxygen atoms in total. The fourth-order valence-electron chi connectivity index (χ4n) is 3.08. The number of nitro benzene ring substituents is 1. The molecule has 3 N–H and O–H groups in total. The number of benzene rings is 2. The maximum absolute atomic E-state index is 13.4. The van der Waals surface area contributed by atoms with Crippen LogP contribution in [0.5, 0.6) is 11.5 Å². The summed E-state index contributed by atoms with van der Waals surface area (Å²) in [6.07, 6.45) is 0. The van der Waals surface area contributed by atoms with E-state index in [0.717, 1.165) is 28.8 Å². The number of rotatable bonds is 4. The molecule has 3 aromatic rings. The number of ether oxygens (including phenoxy) is 1. The Hall–Kier alpha value is -4.25. The minimum absolute atomic E-state index is 0.0806. The molecule has 1 aliphatic rings. The largest absolute Gasteiger partial charge is 0.457 e. The summed E-state index contributed by atoms with van der Waals surface area (Å²) in [5.74, 6) is -2.63. The zero-order chi connectivity index (χ0) is 22.4. The van der Waals surface area contributed by atoms with Gasteiger partial charge in [0.2, 0.25) is 0 Å². The number of anilines is 1. The van der Waals surface area contributed by atoms with Crippen molar-refractivity contribution in [1.82, 2.24) is 9.88 Å². The molecule has 0 radical (unpaired) electrons. The molecule has 156 valence electrons. The summed E-state index contributed by atoms with van der Waals surface area (Å²) in [6, 6.07) is 7.75. The van der Waals surface area contributed by atoms with E-state index in [9.17, 15) is 28.9 Å². The Balaban J connectivity index is 1.88. The number of carbonyl (C=O) groups excluding carboxylic acids is 2. The standard InChI is InChI=1S/C19H10ClFN4O6/c20-13-6-10(1-2-14(13)21)31-11-4-8(3-9(5-11)25(29)30)24-15(26)7-12-16(17(24)22)19(28)23-18(12)27/h1-7H,22H2,(H,23,27,28). The van der Waals surface area contributed by atoms with Crippen molar-refractivity contribution in [2.75, 3.05) is 5.73 Å². The van der Waals surface area contributed by atoms with Crippen molar-refractivity contribution < 1.29 is 23.6 Å². The summed E-state index contributed by atoms with van der Waals surface area (Å²) < 4.78 is 19.7. The summed E-state index contributed by atoms with van der Waals surface area (Å²) in [4.78, 5) is 47.1. The zero-order valence-corrected chi connectivity index (χ0v) is 16.0. The second-order valence-corrected chi connectivity index (χ2v) is 6.80. The Morgan fingerprint density at radius 2 is 1.81 bits per heavy atom. The number of nitrogen functional groups attached to an aromatic ring is 1. The van der Waals surface area contributed by atoms with E-state index in [0.29, 0.717) is 0 Å². The van der Waals surface area contributed by atoms with E-state index in [4.69, 9.17) is 22.1 Å². The normalized spacial score (nSPS) is 12.5. The lowest BCUT2D eigenvalue weighted by Crippen LogP contribution is -2.24. The molecule has 2 aromatic carbocycles. The molecule has 0 unspecified atom stereocenters. The first kappa shape index (κ1) is 20.0. The highest BCUT2D eigenvalue weighted by Gasteiger charge is 2.32. The molecule has 0 saturated carbocycles. The van der Waals surface area contributed by atoms with Crippen LogP contribution in [0.25, 0.3) is 5.69 Å². The number of non-ortho nitro benzene ring substituents is 1. The molecule has 31 heavy (non-hydrogen) atoms. The molecule has 1 aromatic heterocycles. The number of nitrogens with zero attached hydrogens (tertiary/aromatic N) is 2. The van der Waals surface area contributed by atoms with Crippen molar-refractivity contribution >= 4 is 34.9 Å². The Morgan fingerprint density at radius 1 is 1.06 bits per heavy atom. The van der Waals surface area contributed by atoms with Gasteiger partial charge in [0, 0.05) is 24.3 Å². The molecular weight excluding hydrogens is 435 g/mol. The molecule has 2 heterocycles. The van der Waals surface area contributed by atoms with Crippen LogP contribution in [-0.4, -0.2) is 21.3 Å². The van der Waals surface area contributed by atoms with Gasteiger partial charge in [0.25, 0.3) is 23.1 Å².